The standard InChI is InChI=1S/C27H24ClF5N4O4S/c1-3-21(38)35-4-6-36(7-5-35)25-16-8-17(27(31,32)33)22(15-9-18(28)20(30)10-19(15)29)24-23(16)37(26(39)34-25)11-14(12-42-24)41-13-40-2/h3,8-10,14H,1,4-7,11-13H2,2H3. The van der Waals surface area contributed by atoms with E-state index in [2.05, 4.69) is 11.6 Å². The van der Waals surface area contributed by atoms with Crippen molar-refractivity contribution < 1.29 is 36.2 Å². The summed E-state index contributed by atoms with van der Waals surface area (Å²) in [6.07, 6.45) is -4.49. The predicted octanol–water partition coefficient (Wildman–Crippen LogP) is 4.94. The van der Waals surface area contributed by atoms with Crippen LogP contribution in [0.2, 0.25) is 5.02 Å². The summed E-state index contributed by atoms with van der Waals surface area (Å²) in [5.41, 5.74) is -2.99. The molecule has 1 unspecified atom stereocenters. The molecule has 1 aromatic heterocycles. The number of rotatable bonds is 6. The molecule has 2 aliphatic rings. The first-order valence-electron chi connectivity index (χ1n) is 12.7. The summed E-state index contributed by atoms with van der Waals surface area (Å²) in [6, 6.07) is 2.07. The number of aromatic nitrogens is 2. The van der Waals surface area contributed by atoms with Crippen LogP contribution in [0.1, 0.15) is 5.56 Å². The van der Waals surface area contributed by atoms with Gasteiger partial charge in [-0.05, 0) is 18.2 Å². The fraction of sp³-hybridized carbons (Fsp3) is 0.370. The molecular formula is C27H24ClF5N4O4S. The summed E-state index contributed by atoms with van der Waals surface area (Å²) in [5, 5.41) is -0.552. The number of nitrogens with zero attached hydrogens (tertiary/aromatic N) is 4. The Morgan fingerprint density at radius 2 is 1.90 bits per heavy atom. The zero-order chi connectivity index (χ0) is 30.3. The first-order chi connectivity index (χ1) is 19.9. The average molecular weight is 631 g/mol. The highest BCUT2D eigenvalue weighted by atomic mass is 35.5. The van der Waals surface area contributed by atoms with Crippen LogP contribution in [0.3, 0.4) is 0 Å². The van der Waals surface area contributed by atoms with Crippen LogP contribution in [0.15, 0.2) is 40.5 Å². The van der Waals surface area contributed by atoms with Gasteiger partial charge in [-0.25, -0.2) is 13.6 Å². The fourth-order valence-corrected chi connectivity index (χ4v) is 6.55. The molecule has 0 bridgehead atoms. The number of halogens is 6. The molecule has 3 heterocycles. The van der Waals surface area contributed by atoms with Crippen LogP contribution in [0, 0.1) is 11.6 Å². The minimum absolute atomic E-state index is 0.00437. The SMILES string of the molecule is C=CC(=O)N1CCN(c2nc(=O)n3c4c(c(-c5cc(Cl)c(F)cc5F)c(C(F)(F)F)cc24)SCC(OCOC)C3)CC1. The molecule has 5 rings (SSSR count). The van der Waals surface area contributed by atoms with Crippen molar-refractivity contribution in [2.45, 2.75) is 23.7 Å². The summed E-state index contributed by atoms with van der Waals surface area (Å²) >= 11 is 6.85. The minimum Gasteiger partial charge on any atom is -0.359 e. The lowest BCUT2D eigenvalue weighted by molar-refractivity contribution is -0.137. The van der Waals surface area contributed by atoms with E-state index in [-0.39, 0.29) is 72.8 Å². The van der Waals surface area contributed by atoms with Crippen molar-refractivity contribution in [1.82, 2.24) is 14.5 Å². The zero-order valence-electron chi connectivity index (χ0n) is 22.1. The van der Waals surface area contributed by atoms with Crippen LogP contribution in [-0.2, 0) is 27.0 Å². The number of hydrogen-bond acceptors (Lipinski definition) is 7. The molecular weight excluding hydrogens is 607 g/mol. The van der Waals surface area contributed by atoms with Gasteiger partial charge in [-0.2, -0.15) is 18.2 Å². The monoisotopic (exact) mass is 630 g/mol. The number of methoxy groups -OCH3 is 1. The van der Waals surface area contributed by atoms with Crippen molar-refractivity contribution in [1.29, 1.82) is 0 Å². The van der Waals surface area contributed by atoms with Gasteiger partial charge < -0.3 is 19.3 Å². The third-order valence-electron chi connectivity index (χ3n) is 7.07. The van der Waals surface area contributed by atoms with Crippen LogP contribution in [-0.4, -0.2) is 72.3 Å². The molecule has 1 saturated heterocycles. The Labute approximate surface area is 245 Å². The summed E-state index contributed by atoms with van der Waals surface area (Å²) in [6.45, 7) is 4.12. The Morgan fingerprint density at radius 1 is 1.19 bits per heavy atom. The van der Waals surface area contributed by atoms with Gasteiger partial charge in [-0.3, -0.25) is 9.36 Å². The molecule has 1 fully saturated rings. The minimum atomic E-state index is -4.99. The summed E-state index contributed by atoms with van der Waals surface area (Å²) in [4.78, 5) is 32.9. The van der Waals surface area contributed by atoms with E-state index in [4.69, 9.17) is 21.1 Å². The maximum absolute atomic E-state index is 15.2. The second-order valence-corrected chi connectivity index (χ2v) is 11.1. The molecule has 3 aromatic rings. The van der Waals surface area contributed by atoms with Gasteiger partial charge >= 0.3 is 11.9 Å². The Kier molecular flexibility index (Phi) is 8.52. The number of thioether (sulfide) groups is 1. The van der Waals surface area contributed by atoms with Crippen LogP contribution >= 0.6 is 23.4 Å². The molecule has 1 atom stereocenters. The van der Waals surface area contributed by atoms with E-state index in [9.17, 15) is 27.2 Å². The first kappa shape index (κ1) is 30.3. The van der Waals surface area contributed by atoms with Crippen molar-refractivity contribution in [2.75, 3.05) is 50.7 Å². The molecule has 15 heteroatoms. The molecule has 1 amide bonds. The highest BCUT2D eigenvalue weighted by Gasteiger charge is 2.39. The van der Waals surface area contributed by atoms with E-state index < -0.39 is 51.3 Å². The molecule has 0 N–H and O–H groups in total. The molecule has 8 nitrogen and oxygen atoms in total. The van der Waals surface area contributed by atoms with Crippen molar-refractivity contribution in [3.05, 3.63) is 63.6 Å². The zero-order valence-corrected chi connectivity index (χ0v) is 23.7. The number of alkyl halides is 3. The van der Waals surface area contributed by atoms with E-state index in [0.717, 1.165) is 23.9 Å². The van der Waals surface area contributed by atoms with Crippen LogP contribution < -0.4 is 10.6 Å². The first-order valence-corrected chi connectivity index (χ1v) is 14.0. The quantitative estimate of drug-likeness (QED) is 0.165. The number of ether oxygens (including phenoxy) is 2. The van der Waals surface area contributed by atoms with Crippen molar-refractivity contribution >= 4 is 46.0 Å². The fourth-order valence-electron chi connectivity index (χ4n) is 5.11. The summed E-state index contributed by atoms with van der Waals surface area (Å²) in [5.74, 6) is -2.58. The molecule has 0 radical (unpaired) electrons. The maximum atomic E-state index is 15.2. The molecule has 224 valence electrons. The number of anilines is 1. The number of carbonyl (C=O) groups excluding carboxylic acids is 1. The smallest absolute Gasteiger partial charge is 0.359 e. The van der Waals surface area contributed by atoms with Crippen LogP contribution in [0.25, 0.3) is 22.0 Å². The van der Waals surface area contributed by atoms with Crippen LogP contribution in [0.5, 0.6) is 0 Å². The van der Waals surface area contributed by atoms with Gasteiger partial charge in [0.2, 0.25) is 5.91 Å². The van der Waals surface area contributed by atoms with Gasteiger partial charge in [0.05, 0.1) is 28.8 Å². The van der Waals surface area contributed by atoms with E-state index in [1.54, 1.807) is 4.90 Å². The lowest BCUT2D eigenvalue weighted by Crippen LogP contribution is -2.49. The van der Waals surface area contributed by atoms with Gasteiger partial charge in [0.25, 0.3) is 0 Å². The van der Waals surface area contributed by atoms with Gasteiger partial charge in [0.15, 0.2) is 0 Å². The normalized spacial score (nSPS) is 17.5. The van der Waals surface area contributed by atoms with Gasteiger partial charge in [0, 0.05) is 66.5 Å². The Hall–Kier alpha value is -3.20. The second-order valence-electron chi connectivity index (χ2n) is 9.62. The van der Waals surface area contributed by atoms with Crippen molar-refractivity contribution in [3.8, 4) is 11.1 Å². The van der Waals surface area contributed by atoms with Crippen molar-refractivity contribution in [2.24, 2.45) is 0 Å². The number of carbonyl (C=O) groups is 1. The molecule has 0 aliphatic carbocycles. The molecule has 2 aliphatic heterocycles. The summed E-state index contributed by atoms with van der Waals surface area (Å²) < 4.78 is 85.3. The third kappa shape index (κ3) is 5.60. The van der Waals surface area contributed by atoms with Crippen molar-refractivity contribution in [3.63, 3.8) is 0 Å². The third-order valence-corrected chi connectivity index (χ3v) is 8.58. The highest BCUT2D eigenvalue weighted by Crippen LogP contribution is 2.49. The predicted molar refractivity (Wildman–Crippen MR) is 148 cm³/mol. The Morgan fingerprint density at radius 3 is 2.55 bits per heavy atom. The summed E-state index contributed by atoms with van der Waals surface area (Å²) in [7, 11) is 1.40. The average Bonchev–Trinajstić information content (AvgIpc) is 3.15. The maximum Gasteiger partial charge on any atom is 0.417 e. The highest BCUT2D eigenvalue weighted by molar-refractivity contribution is 7.99. The van der Waals surface area contributed by atoms with Gasteiger partial charge in [-0.15, -0.1) is 11.8 Å². The molecule has 0 saturated carbocycles. The van der Waals surface area contributed by atoms with E-state index >= 15 is 4.39 Å². The largest absolute Gasteiger partial charge is 0.417 e. The number of hydrogen-bond donors (Lipinski definition) is 0. The number of piperazine rings is 1. The van der Waals surface area contributed by atoms with E-state index in [1.807, 2.05) is 0 Å². The second kappa shape index (κ2) is 11.8. The molecule has 2 aromatic carbocycles. The molecule has 0 spiro atoms. The van der Waals surface area contributed by atoms with E-state index in [0.29, 0.717) is 6.07 Å². The molecule has 42 heavy (non-hydrogen) atoms. The van der Waals surface area contributed by atoms with Crippen LogP contribution in [0.4, 0.5) is 27.8 Å². The number of amides is 1. The van der Waals surface area contributed by atoms with Gasteiger partial charge in [-0.1, -0.05) is 18.2 Å². The Balaban J connectivity index is 1.80. The lowest BCUT2D eigenvalue weighted by Gasteiger charge is -2.35. The van der Waals surface area contributed by atoms with E-state index in [1.165, 1.54) is 22.7 Å². The Bertz CT molecular complexity index is 1630. The van der Waals surface area contributed by atoms with Gasteiger partial charge in [0.1, 0.15) is 24.2 Å². The lowest BCUT2D eigenvalue weighted by atomic mass is 9.95. The number of benzene rings is 2. The topological polar surface area (TPSA) is 76.9 Å².